The van der Waals surface area contributed by atoms with E-state index in [1.54, 1.807) is 0 Å². The fraction of sp³-hybridized carbons (Fsp3) is 0.750. The molecule has 12 heavy (non-hydrogen) atoms. The van der Waals surface area contributed by atoms with Crippen molar-refractivity contribution in [3.05, 3.63) is 0 Å². The molecule has 0 saturated heterocycles. The van der Waals surface area contributed by atoms with E-state index in [1.807, 2.05) is 0 Å². The average molecular weight is 170 g/mol. The van der Waals surface area contributed by atoms with Gasteiger partial charge in [-0.2, -0.15) is 0 Å². The van der Waals surface area contributed by atoms with Crippen LogP contribution >= 0.6 is 0 Å². The van der Waals surface area contributed by atoms with Gasteiger partial charge in [0.25, 0.3) is 0 Å². The van der Waals surface area contributed by atoms with E-state index in [1.165, 1.54) is 0 Å². The highest BCUT2D eigenvalue weighted by molar-refractivity contribution is 5.59. The average Bonchev–Trinajstić information content (AvgIpc) is 2.08. The predicted octanol–water partition coefficient (Wildman–Crippen LogP) is -0.935. The molecule has 0 amide bonds. The predicted molar refractivity (Wildman–Crippen MR) is 44.3 cm³/mol. The van der Waals surface area contributed by atoms with Gasteiger partial charge < -0.3 is 21.1 Å². The van der Waals surface area contributed by atoms with Gasteiger partial charge in [0.2, 0.25) is 0 Å². The second-order valence-corrected chi connectivity index (χ2v) is 3.40. The molecule has 0 heterocycles. The minimum Gasteiger partial charge on any atom is -0.327 e. The van der Waals surface area contributed by atoms with Crippen molar-refractivity contribution in [2.45, 2.75) is 24.9 Å². The highest BCUT2D eigenvalue weighted by Crippen LogP contribution is 2.24. The second kappa shape index (κ2) is 3.78. The molecule has 0 bridgehead atoms. The van der Waals surface area contributed by atoms with E-state index in [2.05, 4.69) is 0 Å². The molecule has 0 spiro atoms. The first-order chi connectivity index (χ1) is 5.69. The van der Waals surface area contributed by atoms with E-state index in [9.17, 15) is 9.59 Å². The van der Waals surface area contributed by atoms with E-state index in [4.69, 9.17) is 11.5 Å². The summed E-state index contributed by atoms with van der Waals surface area (Å²) in [7, 11) is 0. The quantitative estimate of drug-likeness (QED) is 0.524. The Balaban J connectivity index is 2.60. The van der Waals surface area contributed by atoms with Crippen molar-refractivity contribution in [1.29, 1.82) is 0 Å². The monoisotopic (exact) mass is 170 g/mol. The van der Waals surface area contributed by atoms with Crippen LogP contribution < -0.4 is 11.5 Å². The van der Waals surface area contributed by atoms with Crippen molar-refractivity contribution in [2.75, 3.05) is 0 Å². The van der Waals surface area contributed by atoms with Gasteiger partial charge in [-0.1, -0.05) is 0 Å². The Bertz CT molecular complexity index is 164. The molecule has 1 rings (SSSR count). The zero-order valence-electron chi connectivity index (χ0n) is 6.85. The van der Waals surface area contributed by atoms with Crippen molar-refractivity contribution >= 4 is 12.6 Å². The number of rotatable bonds is 2. The Labute approximate surface area is 71.3 Å². The lowest BCUT2D eigenvalue weighted by Gasteiger charge is -2.32. The number of carbonyl (C=O) groups is 2. The number of aldehydes is 2. The summed E-state index contributed by atoms with van der Waals surface area (Å²) in [6.45, 7) is 0. The molecule has 1 aliphatic rings. The number of hydrogen-bond acceptors (Lipinski definition) is 4. The minimum absolute atomic E-state index is 0.170. The first-order valence-electron chi connectivity index (χ1n) is 4.10. The maximum atomic E-state index is 10.5. The van der Waals surface area contributed by atoms with Gasteiger partial charge in [-0.15, -0.1) is 0 Å². The lowest BCUT2D eigenvalue weighted by Crippen LogP contribution is -2.47. The van der Waals surface area contributed by atoms with Crippen LogP contribution in [-0.2, 0) is 9.59 Å². The molecule has 4 unspecified atom stereocenters. The normalized spacial score (nSPS) is 42.2. The molecule has 1 saturated carbocycles. The first kappa shape index (κ1) is 9.35. The molecule has 4 atom stereocenters. The Hall–Kier alpha value is -0.740. The third-order valence-electron chi connectivity index (χ3n) is 2.54. The van der Waals surface area contributed by atoms with Gasteiger partial charge >= 0.3 is 0 Å². The van der Waals surface area contributed by atoms with Crippen LogP contribution in [0.4, 0.5) is 0 Å². The molecular formula is C8H14N2O2. The van der Waals surface area contributed by atoms with Gasteiger partial charge in [0.05, 0.1) is 0 Å². The molecule has 0 aromatic rings. The lowest BCUT2D eigenvalue weighted by atomic mass is 9.77. The highest BCUT2D eigenvalue weighted by Gasteiger charge is 2.32. The fourth-order valence-electron chi connectivity index (χ4n) is 1.64. The molecular weight excluding hydrogens is 156 g/mol. The lowest BCUT2D eigenvalue weighted by molar-refractivity contribution is -0.117. The fourth-order valence-corrected chi connectivity index (χ4v) is 1.64. The topological polar surface area (TPSA) is 86.2 Å². The Kier molecular flexibility index (Phi) is 2.94. The Morgan fingerprint density at radius 2 is 1.25 bits per heavy atom. The van der Waals surface area contributed by atoms with Gasteiger partial charge in [-0.3, -0.25) is 0 Å². The van der Waals surface area contributed by atoms with Crippen LogP contribution in [0.2, 0.25) is 0 Å². The second-order valence-electron chi connectivity index (χ2n) is 3.40. The van der Waals surface area contributed by atoms with Crippen molar-refractivity contribution in [3.8, 4) is 0 Å². The van der Waals surface area contributed by atoms with Crippen LogP contribution in [-0.4, -0.2) is 24.7 Å². The summed E-state index contributed by atoms with van der Waals surface area (Å²) in [4.78, 5) is 21.0. The molecule has 1 fully saturated rings. The maximum absolute atomic E-state index is 10.5. The highest BCUT2D eigenvalue weighted by atomic mass is 16.1. The molecule has 4 nitrogen and oxygen atoms in total. The van der Waals surface area contributed by atoms with E-state index in [-0.39, 0.29) is 23.9 Å². The summed E-state index contributed by atoms with van der Waals surface area (Å²) < 4.78 is 0. The van der Waals surface area contributed by atoms with Crippen LogP contribution in [0.3, 0.4) is 0 Å². The summed E-state index contributed by atoms with van der Waals surface area (Å²) in [6.07, 6.45) is 2.75. The van der Waals surface area contributed by atoms with Crippen molar-refractivity contribution in [1.82, 2.24) is 0 Å². The summed E-state index contributed by atoms with van der Waals surface area (Å²) >= 11 is 0. The van der Waals surface area contributed by atoms with E-state index in [0.29, 0.717) is 12.8 Å². The summed E-state index contributed by atoms with van der Waals surface area (Å²) in [5.41, 5.74) is 11.3. The number of carbonyl (C=O) groups excluding carboxylic acids is 2. The van der Waals surface area contributed by atoms with Gasteiger partial charge in [-0.05, 0) is 12.8 Å². The Morgan fingerprint density at radius 1 is 0.917 bits per heavy atom. The Morgan fingerprint density at radius 3 is 1.50 bits per heavy atom. The first-order valence-corrected chi connectivity index (χ1v) is 4.10. The third kappa shape index (κ3) is 1.70. The van der Waals surface area contributed by atoms with Crippen molar-refractivity contribution in [3.63, 3.8) is 0 Å². The zero-order chi connectivity index (χ0) is 9.14. The molecule has 0 aromatic carbocycles. The van der Waals surface area contributed by atoms with Gasteiger partial charge in [0.1, 0.15) is 12.6 Å². The SMILES string of the molecule is NC1CC(C=O)C(N)CC1C=O. The summed E-state index contributed by atoms with van der Waals surface area (Å²) in [6, 6.07) is -0.394. The van der Waals surface area contributed by atoms with Crippen LogP contribution in [0.25, 0.3) is 0 Å². The third-order valence-corrected chi connectivity index (χ3v) is 2.54. The maximum Gasteiger partial charge on any atom is 0.124 e. The van der Waals surface area contributed by atoms with Gasteiger partial charge in [0, 0.05) is 23.9 Å². The molecule has 1 aliphatic carbocycles. The molecule has 4 N–H and O–H groups in total. The molecule has 0 aromatic heterocycles. The van der Waals surface area contributed by atoms with Crippen LogP contribution in [0.15, 0.2) is 0 Å². The molecule has 4 heteroatoms. The van der Waals surface area contributed by atoms with Gasteiger partial charge in [0.15, 0.2) is 0 Å². The molecule has 0 aliphatic heterocycles. The van der Waals surface area contributed by atoms with E-state index >= 15 is 0 Å². The van der Waals surface area contributed by atoms with Crippen LogP contribution in [0.1, 0.15) is 12.8 Å². The molecule has 68 valence electrons. The van der Waals surface area contributed by atoms with Crippen molar-refractivity contribution in [2.24, 2.45) is 23.3 Å². The molecule has 0 radical (unpaired) electrons. The summed E-state index contributed by atoms with van der Waals surface area (Å²) in [5.74, 6) is -0.340. The van der Waals surface area contributed by atoms with Crippen LogP contribution in [0.5, 0.6) is 0 Å². The van der Waals surface area contributed by atoms with Crippen molar-refractivity contribution < 1.29 is 9.59 Å². The zero-order valence-corrected chi connectivity index (χ0v) is 6.85. The number of nitrogens with two attached hydrogens (primary N) is 2. The van der Waals surface area contributed by atoms with Gasteiger partial charge in [-0.25, -0.2) is 0 Å². The minimum atomic E-state index is -0.197. The summed E-state index contributed by atoms with van der Waals surface area (Å²) in [5, 5.41) is 0. The largest absolute Gasteiger partial charge is 0.327 e. The number of hydrogen-bond donors (Lipinski definition) is 2. The standard InChI is InChI=1S/C8H14N2O2/c9-7-1-5(3-11)8(10)2-6(7)4-12/h3-8H,1-2,9-10H2. The van der Waals surface area contributed by atoms with Crippen LogP contribution in [0, 0.1) is 11.8 Å². The van der Waals surface area contributed by atoms with E-state index < -0.39 is 0 Å². The van der Waals surface area contributed by atoms with E-state index in [0.717, 1.165) is 12.6 Å². The smallest absolute Gasteiger partial charge is 0.124 e.